The van der Waals surface area contributed by atoms with Crippen molar-refractivity contribution in [2.45, 2.75) is 50.1 Å². The van der Waals surface area contributed by atoms with Gasteiger partial charge in [-0.15, -0.1) is 11.6 Å². The number of nitrogens with zero attached hydrogens (tertiary/aromatic N) is 1. The van der Waals surface area contributed by atoms with E-state index in [1.165, 1.54) is 0 Å². The highest BCUT2D eigenvalue weighted by Crippen LogP contribution is 2.47. The van der Waals surface area contributed by atoms with Crippen molar-refractivity contribution in [1.82, 2.24) is 4.90 Å². The lowest BCUT2D eigenvalue weighted by Gasteiger charge is -2.37. The molecule has 4 unspecified atom stereocenters. The van der Waals surface area contributed by atoms with E-state index < -0.39 is 6.04 Å². The zero-order valence-electron chi connectivity index (χ0n) is 18.9. The zero-order chi connectivity index (χ0) is 23.1. The number of hydrogen-bond acceptors (Lipinski definition) is 4. The maximum atomic E-state index is 13.7. The summed E-state index contributed by atoms with van der Waals surface area (Å²) in [6.07, 6.45) is 2.52. The van der Waals surface area contributed by atoms with Crippen molar-refractivity contribution < 1.29 is 19.1 Å². The van der Waals surface area contributed by atoms with Crippen molar-refractivity contribution in [1.29, 1.82) is 0 Å². The van der Waals surface area contributed by atoms with Crippen LogP contribution >= 0.6 is 11.6 Å². The number of ketones is 1. The van der Waals surface area contributed by atoms with Crippen LogP contribution in [0.25, 0.3) is 0 Å². The smallest absolute Gasteiger partial charge is 0.290 e. The van der Waals surface area contributed by atoms with E-state index in [2.05, 4.69) is 0 Å². The van der Waals surface area contributed by atoms with Crippen molar-refractivity contribution in [3.8, 4) is 5.75 Å². The van der Waals surface area contributed by atoms with Gasteiger partial charge in [-0.3, -0.25) is 9.59 Å². The topological polar surface area (TPSA) is 55.8 Å². The molecule has 2 aromatic rings. The SMILES string of the molecule is COc1ccc(CCN2C(=O)C3=C(C(=O)C4CC(Cl)CCC4O3)C2c2ccc(C)cc2)cc1. The van der Waals surface area contributed by atoms with Crippen molar-refractivity contribution in [3.63, 3.8) is 0 Å². The molecule has 5 nitrogen and oxygen atoms in total. The number of carbonyl (C=O) groups excluding carboxylic acids is 2. The number of benzene rings is 2. The molecular formula is C27H28ClNO4. The van der Waals surface area contributed by atoms with Gasteiger partial charge in [0.2, 0.25) is 0 Å². The van der Waals surface area contributed by atoms with Gasteiger partial charge < -0.3 is 14.4 Å². The largest absolute Gasteiger partial charge is 0.497 e. The van der Waals surface area contributed by atoms with Crippen LogP contribution in [0, 0.1) is 12.8 Å². The van der Waals surface area contributed by atoms with Crippen LogP contribution in [0.5, 0.6) is 5.75 Å². The van der Waals surface area contributed by atoms with Gasteiger partial charge in [-0.1, -0.05) is 42.0 Å². The second-order valence-electron chi connectivity index (χ2n) is 9.19. The highest BCUT2D eigenvalue weighted by atomic mass is 35.5. The third kappa shape index (κ3) is 4.04. The lowest BCUT2D eigenvalue weighted by atomic mass is 9.77. The third-order valence-electron chi connectivity index (χ3n) is 7.07. The minimum Gasteiger partial charge on any atom is -0.497 e. The normalized spacial score (nSPS) is 26.7. The van der Waals surface area contributed by atoms with Gasteiger partial charge in [-0.05, 0) is 55.9 Å². The van der Waals surface area contributed by atoms with Crippen LogP contribution in [-0.4, -0.2) is 41.7 Å². The molecule has 1 saturated carbocycles. The molecule has 4 atom stereocenters. The average Bonchev–Trinajstić information content (AvgIpc) is 3.11. The lowest BCUT2D eigenvalue weighted by molar-refractivity contribution is -0.135. The standard InChI is InChI=1S/C27H28ClNO4/c1-16-3-7-18(8-4-16)24-23-25(30)21-15-19(28)9-12-22(21)33-26(23)27(31)29(24)14-13-17-5-10-20(32-2)11-6-17/h3-8,10-11,19,21-22,24H,9,12-15H2,1-2H3. The summed E-state index contributed by atoms with van der Waals surface area (Å²) in [5.74, 6) is 0.600. The van der Waals surface area contributed by atoms with Crippen LogP contribution in [-0.2, 0) is 20.7 Å². The molecule has 2 aliphatic heterocycles. The van der Waals surface area contributed by atoms with E-state index in [4.69, 9.17) is 21.1 Å². The van der Waals surface area contributed by atoms with Crippen LogP contribution in [0.15, 0.2) is 59.9 Å². The Morgan fingerprint density at radius 1 is 1.06 bits per heavy atom. The number of fused-ring (bicyclic) bond motifs is 1. The molecule has 1 amide bonds. The van der Waals surface area contributed by atoms with Gasteiger partial charge in [0, 0.05) is 11.9 Å². The molecule has 0 spiro atoms. The Morgan fingerprint density at radius 3 is 2.48 bits per heavy atom. The fraction of sp³-hybridized carbons (Fsp3) is 0.407. The monoisotopic (exact) mass is 465 g/mol. The Labute approximate surface area is 199 Å². The van der Waals surface area contributed by atoms with Gasteiger partial charge in [-0.25, -0.2) is 0 Å². The Morgan fingerprint density at radius 2 is 1.79 bits per heavy atom. The van der Waals surface area contributed by atoms with E-state index in [1.54, 1.807) is 12.0 Å². The van der Waals surface area contributed by atoms with Crippen molar-refractivity contribution >= 4 is 23.3 Å². The molecule has 2 aromatic carbocycles. The summed E-state index contributed by atoms with van der Waals surface area (Å²) in [5, 5.41) is -0.0259. The fourth-order valence-corrected chi connectivity index (χ4v) is 5.55. The first kappa shape index (κ1) is 22.0. The number of Topliss-reactive ketones (excluding diaryl/α,β-unsaturated/α-hetero) is 1. The first-order chi connectivity index (χ1) is 16.0. The summed E-state index contributed by atoms with van der Waals surface area (Å²) in [7, 11) is 1.64. The summed E-state index contributed by atoms with van der Waals surface area (Å²) in [6, 6.07) is 15.5. The van der Waals surface area contributed by atoms with Gasteiger partial charge in [-0.2, -0.15) is 0 Å². The van der Waals surface area contributed by atoms with Gasteiger partial charge in [0.25, 0.3) is 5.91 Å². The number of ether oxygens (including phenoxy) is 2. The molecule has 1 aliphatic carbocycles. The fourth-order valence-electron chi connectivity index (χ4n) is 5.23. The number of carbonyl (C=O) groups is 2. The van der Waals surface area contributed by atoms with Crippen molar-refractivity contribution in [2.75, 3.05) is 13.7 Å². The Kier molecular flexibility index (Phi) is 5.92. The molecule has 5 rings (SSSR count). The summed E-state index contributed by atoms with van der Waals surface area (Å²) < 4.78 is 11.5. The number of halogens is 1. The lowest BCUT2D eigenvalue weighted by Crippen LogP contribution is -2.41. The van der Waals surface area contributed by atoms with Gasteiger partial charge in [0.15, 0.2) is 11.5 Å². The van der Waals surface area contributed by atoms with E-state index in [0.717, 1.165) is 28.9 Å². The molecule has 0 aromatic heterocycles. The van der Waals surface area contributed by atoms with Crippen LogP contribution in [0.4, 0.5) is 0 Å². The van der Waals surface area contributed by atoms with Gasteiger partial charge in [0.05, 0.1) is 24.6 Å². The molecule has 0 bridgehead atoms. The van der Waals surface area contributed by atoms with E-state index in [-0.39, 0.29) is 34.8 Å². The third-order valence-corrected chi connectivity index (χ3v) is 7.47. The second kappa shape index (κ2) is 8.86. The predicted octanol–water partition coefficient (Wildman–Crippen LogP) is 4.76. The van der Waals surface area contributed by atoms with E-state index in [9.17, 15) is 9.59 Å². The summed E-state index contributed by atoms with van der Waals surface area (Å²) in [5.41, 5.74) is 3.67. The van der Waals surface area contributed by atoms with Crippen molar-refractivity contribution in [2.24, 2.45) is 5.92 Å². The molecular weight excluding hydrogens is 438 g/mol. The highest BCUT2D eigenvalue weighted by Gasteiger charge is 2.52. The van der Waals surface area contributed by atoms with Crippen LogP contribution in [0.3, 0.4) is 0 Å². The number of amides is 1. The van der Waals surface area contributed by atoms with Crippen molar-refractivity contribution in [3.05, 3.63) is 76.6 Å². The first-order valence-corrected chi connectivity index (χ1v) is 12.0. The Hall–Kier alpha value is -2.79. The second-order valence-corrected chi connectivity index (χ2v) is 9.81. The quantitative estimate of drug-likeness (QED) is 0.597. The summed E-state index contributed by atoms with van der Waals surface area (Å²) >= 11 is 6.40. The number of methoxy groups -OCH3 is 1. The Bertz CT molecular complexity index is 1090. The molecule has 1 fully saturated rings. The Balaban J connectivity index is 1.47. The molecule has 0 radical (unpaired) electrons. The first-order valence-electron chi connectivity index (χ1n) is 11.6. The number of aryl methyl sites for hydroxylation is 1. The number of hydrogen-bond donors (Lipinski definition) is 0. The molecule has 6 heteroatoms. The molecule has 3 aliphatic rings. The van der Waals surface area contributed by atoms with Crippen LogP contribution in [0.2, 0.25) is 0 Å². The van der Waals surface area contributed by atoms with Gasteiger partial charge in [0.1, 0.15) is 11.9 Å². The van der Waals surface area contributed by atoms with Gasteiger partial charge >= 0.3 is 0 Å². The minimum atomic E-state index is -0.435. The number of alkyl halides is 1. The maximum Gasteiger partial charge on any atom is 0.290 e. The molecule has 172 valence electrons. The molecule has 0 saturated heterocycles. The average molecular weight is 466 g/mol. The minimum absolute atomic E-state index is 0.0254. The maximum absolute atomic E-state index is 13.7. The highest BCUT2D eigenvalue weighted by molar-refractivity contribution is 6.21. The van der Waals surface area contributed by atoms with Crippen LogP contribution in [0.1, 0.15) is 42.0 Å². The van der Waals surface area contributed by atoms with E-state index in [0.29, 0.717) is 31.4 Å². The molecule has 33 heavy (non-hydrogen) atoms. The molecule has 2 heterocycles. The zero-order valence-corrected chi connectivity index (χ0v) is 19.7. The van der Waals surface area contributed by atoms with E-state index in [1.807, 2.05) is 55.5 Å². The van der Waals surface area contributed by atoms with E-state index >= 15 is 0 Å². The summed E-state index contributed by atoms with van der Waals surface area (Å²) in [4.78, 5) is 29.0. The van der Waals surface area contributed by atoms with Crippen LogP contribution < -0.4 is 4.74 Å². The predicted molar refractivity (Wildman–Crippen MR) is 126 cm³/mol. The number of rotatable bonds is 5. The molecule has 0 N–H and O–H groups in total. The summed E-state index contributed by atoms with van der Waals surface area (Å²) in [6.45, 7) is 2.51.